The van der Waals surface area contributed by atoms with Crippen molar-refractivity contribution < 1.29 is 33.0 Å². The van der Waals surface area contributed by atoms with Gasteiger partial charge in [-0.25, -0.2) is 9.36 Å². The summed E-state index contributed by atoms with van der Waals surface area (Å²) in [5.41, 5.74) is -1.22. The van der Waals surface area contributed by atoms with Crippen molar-refractivity contribution >= 4 is 35.7 Å². The highest BCUT2D eigenvalue weighted by atomic mass is 79.9. The Morgan fingerprint density at radius 2 is 2.09 bits per heavy atom. The lowest BCUT2D eigenvalue weighted by molar-refractivity contribution is -0.143. The zero-order valence-electron chi connectivity index (χ0n) is 18.1. The van der Waals surface area contributed by atoms with Crippen LogP contribution in [0, 0.1) is 0 Å². The molecule has 1 aliphatic heterocycles. The molecule has 1 saturated heterocycles. The Hall–Kier alpha value is -2.54. The molecule has 1 aromatic heterocycles. The van der Waals surface area contributed by atoms with E-state index in [4.69, 9.17) is 13.8 Å². The van der Waals surface area contributed by atoms with Gasteiger partial charge in [0.15, 0.2) is 6.29 Å². The summed E-state index contributed by atoms with van der Waals surface area (Å²) in [5.74, 6) is -0.555. The fourth-order valence-electron chi connectivity index (χ4n) is 3.10. The number of para-hydroxylation sites is 1. The second kappa shape index (κ2) is 11.3. The molecule has 3 N–H and O–H groups in total. The maximum atomic E-state index is 13.5. The molecule has 1 aromatic carbocycles. The molecule has 0 saturated carbocycles. The molecule has 2 heterocycles. The van der Waals surface area contributed by atoms with Crippen molar-refractivity contribution in [3.63, 3.8) is 0 Å². The number of halogens is 1. The van der Waals surface area contributed by atoms with E-state index in [0.717, 1.165) is 4.57 Å². The molecule has 3 unspecified atom stereocenters. The molecule has 0 amide bonds. The van der Waals surface area contributed by atoms with E-state index >= 15 is 0 Å². The van der Waals surface area contributed by atoms with Gasteiger partial charge >= 0.3 is 19.4 Å². The van der Waals surface area contributed by atoms with E-state index < -0.39 is 49.6 Å². The van der Waals surface area contributed by atoms with Crippen LogP contribution in [-0.2, 0) is 23.4 Å². The normalized spacial score (nSPS) is 22.9. The van der Waals surface area contributed by atoms with E-state index in [1.807, 2.05) is 0 Å². The highest BCUT2D eigenvalue weighted by molar-refractivity contribution is 9.11. The van der Waals surface area contributed by atoms with E-state index in [2.05, 4.69) is 30.7 Å². The van der Waals surface area contributed by atoms with Crippen LogP contribution in [0.5, 0.6) is 5.75 Å². The summed E-state index contributed by atoms with van der Waals surface area (Å²) in [6.45, 7) is 1.39. The Kier molecular flexibility index (Phi) is 8.63. The fraction of sp³-hybridized carbons (Fsp3) is 0.350. The number of carbonyl (C=O) groups excluding carboxylic acids is 1. The largest absolute Gasteiger partial charge is 0.468 e. The number of ether oxygens (including phenoxy) is 2. The van der Waals surface area contributed by atoms with Crippen molar-refractivity contribution in [1.82, 2.24) is 14.6 Å². The predicted molar refractivity (Wildman–Crippen MR) is 124 cm³/mol. The quantitative estimate of drug-likeness (QED) is 0.305. The van der Waals surface area contributed by atoms with Gasteiger partial charge < -0.3 is 19.1 Å². The van der Waals surface area contributed by atoms with Crippen LogP contribution in [0.3, 0.4) is 0 Å². The number of nitrogens with one attached hydrogen (secondary N) is 2. The average Bonchev–Trinajstić information content (AvgIpc) is 3.14. The summed E-state index contributed by atoms with van der Waals surface area (Å²) < 4.78 is 35.9. The molecule has 0 spiro atoms. The van der Waals surface area contributed by atoms with Crippen molar-refractivity contribution in [3.8, 4) is 5.75 Å². The Balaban J connectivity index is 1.85. The fourth-order valence-corrected chi connectivity index (χ4v) is 4.98. The summed E-state index contributed by atoms with van der Waals surface area (Å²) in [6, 6.07) is 6.96. The van der Waals surface area contributed by atoms with Gasteiger partial charge in [0.05, 0.1) is 12.7 Å². The smallest absolute Gasteiger partial charge is 0.461 e. The summed E-state index contributed by atoms with van der Waals surface area (Å²) in [5, 5.41) is 13.0. The number of rotatable bonds is 9. The number of carbonyl (C=O) groups is 1. The third kappa shape index (κ3) is 6.32. The van der Waals surface area contributed by atoms with Crippen LogP contribution in [0.2, 0.25) is 0 Å². The molecule has 5 atom stereocenters. The third-order valence-corrected chi connectivity index (χ3v) is 6.62. The lowest BCUT2D eigenvalue weighted by atomic mass is 10.2. The minimum Gasteiger partial charge on any atom is -0.468 e. The number of esters is 1. The van der Waals surface area contributed by atoms with E-state index in [1.165, 1.54) is 43.4 Å². The topological polar surface area (TPSA) is 158 Å². The zero-order chi connectivity index (χ0) is 24.9. The Morgan fingerprint density at radius 1 is 1.38 bits per heavy atom. The molecule has 3 rings (SSSR count). The van der Waals surface area contributed by atoms with Crippen LogP contribution < -0.4 is 20.9 Å². The zero-order valence-corrected chi connectivity index (χ0v) is 20.6. The molecule has 0 aliphatic carbocycles. The number of nitrogens with zero attached hydrogens (tertiary/aromatic N) is 1. The van der Waals surface area contributed by atoms with Crippen LogP contribution >= 0.6 is 23.7 Å². The van der Waals surface area contributed by atoms with Crippen LogP contribution in [0.4, 0.5) is 0 Å². The first kappa shape index (κ1) is 26.1. The first-order valence-corrected chi connectivity index (χ1v) is 12.5. The first-order chi connectivity index (χ1) is 16.2. The molecular formula is C20H23BrN3O9P. The minimum absolute atomic E-state index is 0.119. The molecular weight excluding hydrogens is 537 g/mol. The highest BCUT2D eigenvalue weighted by Crippen LogP contribution is 2.48. The van der Waals surface area contributed by atoms with Gasteiger partial charge in [0, 0.05) is 12.6 Å². The van der Waals surface area contributed by atoms with E-state index in [-0.39, 0.29) is 17.7 Å². The van der Waals surface area contributed by atoms with Crippen molar-refractivity contribution in [1.29, 1.82) is 0 Å². The molecule has 12 nitrogen and oxygen atoms in total. The predicted octanol–water partition coefficient (Wildman–Crippen LogP) is 1.86. The standard InChI is InChI=1S/C20H23BrN3O9P/c1-12(18(27)30-2)23-34(29,32-14-6-4-3-5-7-14)33-19-15(25)10-16(31-19)24-11-13(8-9-21)17(26)22-20(24)28/h3-9,11-12,15-16,19,25H,10H2,1-2H3,(H,23,29)(H,22,26,28)/b9-8+/t12-,15-,16?,19?,34?/m0/s1. The molecule has 2 aromatic rings. The van der Waals surface area contributed by atoms with Gasteiger partial charge in [-0.1, -0.05) is 34.1 Å². The van der Waals surface area contributed by atoms with E-state index in [1.54, 1.807) is 18.2 Å². The van der Waals surface area contributed by atoms with Gasteiger partial charge in [-0.3, -0.25) is 23.7 Å². The number of aliphatic hydroxyl groups is 1. The lowest BCUT2D eigenvalue weighted by Gasteiger charge is -2.26. The van der Waals surface area contributed by atoms with E-state index in [0.29, 0.717) is 0 Å². The monoisotopic (exact) mass is 559 g/mol. The molecule has 184 valence electrons. The molecule has 34 heavy (non-hydrogen) atoms. The summed E-state index contributed by atoms with van der Waals surface area (Å²) in [7, 11) is -3.14. The van der Waals surface area contributed by atoms with Crippen molar-refractivity contribution in [2.45, 2.75) is 38.0 Å². The van der Waals surface area contributed by atoms with Gasteiger partial charge in [-0.15, -0.1) is 0 Å². The average molecular weight is 560 g/mol. The number of methoxy groups -OCH3 is 1. The third-order valence-electron chi connectivity index (χ3n) is 4.71. The number of aliphatic hydroxyl groups excluding tert-OH is 1. The number of hydrogen-bond acceptors (Lipinski definition) is 9. The van der Waals surface area contributed by atoms with Crippen LogP contribution in [0.15, 0.2) is 51.1 Å². The molecule has 1 fully saturated rings. The van der Waals surface area contributed by atoms with Crippen LogP contribution in [0.25, 0.3) is 6.08 Å². The number of benzene rings is 1. The van der Waals surface area contributed by atoms with Gasteiger partial charge in [0.25, 0.3) is 5.56 Å². The van der Waals surface area contributed by atoms with E-state index in [9.17, 15) is 24.1 Å². The SMILES string of the molecule is COC(=O)[C@H](C)NP(=O)(Oc1ccccc1)OC1OC(n2cc(/C=C/Br)c(=O)[nH]c2=O)C[C@@H]1O. The Bertz CT molecular complexity index is 1200. The lowest BCUT2D eigenvalue weighted by Crippen LogP contribution is -2.37. The first-order valence-electron chi connectivity index (χ1n) is 10.00. The van der Waals surface area contributed by atoms with Crippen molar-refractivity contribution in [2.24, 2.45) is 0 Å². The van der Waals surface area contributed by atoms with Gasteiger partial charge in [-0.2, -0.15) is 5.09 Å². The number of hydrogen-bond donors (Lipinski definition) is 3. The second-order valence-corrected chi connectivity index (χ2v) is 9.36. The Labute approximate surface area is 202 Å². The molecule has 1 aliphatic rings. The minimum atomic E-state index is -4.31. The summed E-state index contributed by atoms with van der Waals surface area (Å²) >= 11 is 3.06. The number of H-pyrrole nitrogens is 1. The Morgan fingerprint density at radius 3 is 2.74 bits per heavy atom. The molecule has 0 radical (unpaired) electrons. The molecule has 14 heteroatoms. The summed E-state index contributed by atoms with van der Waals surface area (Å²) in [6.07, 6.45) is -1.29. The number of aromatic amines is 1. The number of aromatic nitrogens is 2. The van der Waals surface area contributed by atoms with Crippen LogP contribution in [0.1, 0.15) is 25.1 Å². The van der Waals surface area contributed by atoms with Crippen molar-refractivity contribution in [2.75, 3.05) is 7.11 Å². The second-order valence-electron chi connectivity index (χ2n) is 7.19. The van der Waals surface area contributed by atoms with Crippen molar-refractivity contribution in [3.05, 3.63) is 67.9 Å². The van der Waals surface area contributed by atoms with Gasteiger partial charge in [0.2, 0.25) is 0 Å². The van der Waals surface area contributed by atoms with Gasteiger partial charge in [-0.05, 0) is 30.1 Å². The maximum absolute atomic E-state index is 13.5. The highest BCUT2D eigenvalue weighted by Gasteiger charge is 2.43. The molecule has 0 bridgehead atoms. The summed E-state index contributed by atoms with van der Waals surface area (Å²) in [4.78, 5) is 39.7. The van der Waals surface area contributed by atoms with Crippen LogP contribution in [-0.4, -0.2) is 46.2 Å². The maximum Gasteiger partial charge on any atom is 0.461 e. The van der Waals surface area contributed by atoms with Gasteiger partial charge in [0.1, 0.15) is 24.1 Å².